The highest BCUT2D eigenvalue weighted by Crippen LogP contribution is 2.37. The number of benzene rings is 1. The van der Waals surface area contributed by atoms with Crippen LogP contribution in [-0.2, 0) is 6.42 Å². The van der Waals surface area contributed by atoms with Gasteiger partial charge in [-0.15, -0.1) is 0 Å². The van der Waals surface area contributed by atoms with Gasteiger partial charge in [-0.3, -0.25) is 0 Å². The van der Waals surface area contributed by atoms with E-state index in [2.05, 4.69) is 13.0 Å². The van der Waals surface area contributed by atoms with Crippen molar-refractivity contribution >= 4 is 0 Å². The van der Waals surface area contributed by atoms with E-state index < -0.39 is 0 Å². The molecular weight excluding hydrogens is 190 g/mol. The Hall–Kier alpha value is -1.22. The Balaban J connectivity index is 2.15. The van der Waals surface area contributed by atoms with Crippen molar-refractivity contribution in [3.63, 3.8) is 0 Å². The first kappa shape index (κ1) is 10.3. The number of unbranched alkanes of at least 4 members (excludes halogenated alkanes) is 1. The predicted molar refractivity (Wildman–Crippen MR) is 59.3 cm³/mol. The van der Waals surface area contributed by atoms with Gasteiger partial charge in [0.2, 0.25) is 6.79 Å². The maximum atomic E-state index is 5.48. The summed E-state index contributed by atoms with van der Waals surface area (Å²) < 4.78 is 10.8. The average molecular weight is 207 g/mol. The first-order valence-corrected chi connectivity index (χ1v) is 5.40. The van der Waals surface area contributed by atoms with E-state index in [-0.39, 0.29) is 0 Å². The summed E-state index contributed by atoms with van der Waals surface area (Å²) in [6.07, 6.45) is 3.18. The second-order valence-corrected chi connectivity index (χ2v) is 3.90. The largest absolute Gasteiger partial charge is 0.454 e. The minimum Gasteiger partial charge on any atom is -0.454 e. The van der Waals surface area contributed by atoms with Crippen LogP contribution in [0.5, 0.6) is 11.5 Å². The standard InChI is InChI=1S/C12H17NO2/c1-9-6-10(4-2-3-5-13)12-11(7-9)14-8-15-12/h6-7H,2-5,8,13H2,1H3. The van der Waals surface area contributed by atoms with E-state index in [4.69, 9.17) is 15.2 Å². The fourth-order valence-corrected chi connectivity index (χ4v) is 1.88. The van der Waals surface area contributed by atoms with Gasteiger partial charge >= 0.3 is 0 Å². The lowest BCUT2D eigenvalue weighted by atomic mass is 10.0. The summed E-state index contributed by atoms with van der Waals surface area (Å²) in [5, 5.41) is 0. The molecule has 0 saturated heterocycles. The summed E-state index contributed by atoms with van der Waals surface area (Å²) >= 11 is 0. The molecule has 2 rings (SSSR count). The number of hydrogen-bond acceptors (Lipinski definition) is 3. The zero-order valence-corrected chi connectivity index (χ0v) is 9.08. The van der Waals surface area contributed by atoms with E-state index in [1.807, 2.05) is 6.07 Å². The second kappa shape index (κ2) is 4.53. The van der Waals surface area contributed by atoms with Crippen molar-refractivity contribution in [2.24, 2.45) is 5.73 Å². The van der Waals surface area contributed by atoms with Crippen LogP contribution in [0.3, 0.4) is 0 Å². The van der Waals surface area contributed by atoms with Crippen LogP contribution in [0.2, 0.25) is 0 Å². The molecule has 0 aromatic heterocycles. The summed E-state index contributed by atoms with van der Waals surface area (Å²) in [5.41, 5.74) is 7.95. The van der Waals surface area contributed by atoms with Crippen molar-refractivity contribution in [1.29, 1.82) is 0 Å². The molecular formula is C12H17NO2. The van der Waals surface area contributed by atoms with Crippen molar-refractivity contribution in [3.8, 4) is 11.5 Å². The van der Waals surface area contributed by atoms with Gasteiger partial charge in [-0.2, -0.15) is 0 Å². The Labute approximate surface area is 90.2 Å². The van der Waals surface area contributed by atoms with Gasteiger partial charge in [-0.25, -0.2) is 0 Å². The monoisotopic (exact) mass is 207 g/mol. The van der Waals surface area contributed by atoms with Crippen molar-refractivity contribution in [3.05, 3.63) is 23.3 Å². The second-order valence-electron chi connectivity index (χ2n) is 3.90. The van der Waals surface area contributed by atoms with Gasteiger partial charge in [-0.05, 0) is 49.9 Å². The number of ether oxygens (including phenoxy) is 2. The smallest absolute Gasteiger partial charge is 0.231 e. The molecule has 0 aliphatic carbocycles. The number of fused-ring (bicyclic) bond motifs is 1. The first-order valence-electron chi connectivity index (χ1n) is 5.40. The van der Waals surface area contributed by atoms with Gasteiger partial charge in [0.1, 0.15) is 0 Å². The van der Waals surface area contributed by atoms with Crippen LogP contribution in [0.4, 0.5) is 0 Å². The van der Waals surface area contributed by atoms with Crippen LogP contribution < -0.4 is 15.2 Å². The molecule has 0 spiro atoms. The van der Waals surface area contributed by atoms with Gasteiger partial charge in [0.25, 0.3) is 0 Å². The summed E-state index contributed by atoms with van der Waals surface area (Å²) in [4.78, 5) is 0. The third-order valence-corrected chi connectivity index (χ3v) is 2.59. The molecule has 0 bridgehead atoms. The normalized spacial score (nSPS) is 13.2. The molecule has 1 aromatic rings. The summed E-state index contributed by atoms with van der Waals surface area (Å²) in [6, 6.07) is 4.19. The fourth-order valence-electron chi connectivity index (χ4n) is 1.88. The SMILES string of the molecule is Cc1cc(CCCCN)c2c(c1)OCO2. The Morgan fingerprint density at radius 1 is 1.27 bits per heavy atom. The Kier molecular flexibility index (Phi) is 3.11. The highest BCUT2D eigenvalue weighted by molar-refractivity contribution is 5.50. The van der Waals surface area contributed by atoms with E-state index >= 15 is 0 Å². The Morgan fingerprint density at radius 2 is 2.13 bits per heavy atom. The molecule has 0 amide bonds. The lowest BCUT2D eigenvalue weighted by Crippen LogP contribution is -2.00. The third-order valence-electron chi connectivity index (χ3n) is 2.59. The quantitative estimate of drug-likeness (QED) is 0.768. The number of aryl methyl sites for hydroxylation is 2. The molecule has 1 aromatic carbocycles. The maximum absolute atomic E-state index is 5.48. The number of nitrogens with two attached hydrogens (primary N) is 1. The van der Waals surface area contributed by atoms with Gasteiger partial charge < -0.3 is 15.2 Å². The molecule has 1 aliphatic rings. The molecule has 15 heavy (non-hydrogen) atoms. The predicted octanol–water partition coefficient (Wildman–Crippen LogP) is 2.01. The highest BCUT2D eigenvalue weighted by Gasteiger charge is 2.17. The number of rotatable bonds is 4. The van der Waals surface area contributed by atoms with Crippen LogP contribution in [0.1, 0.15) is 24.0 Å². The van der Waals surface area contributed by atoms with Crippen LogP contribution in [0.15, 0.2) is 12.1 Å². The van der Waals surface area contributed by atoms with Crippen LogP contribution in [0, 0.1) is 6.92 Å². The van der Waals surface area contributed by atoms with Crippen molar-refractivity contribution in [2.75, 3.05) is 13.3 Å². The minimum absolute atomic E-state index is 0.350. The molecule has 0 saturated carbocycles. The molecule has 3 heteroatoms. The van der Waals surface area contributed by atoms with Crippen LogP contribution >= 0.6 is 0 Å². The zero-order chi connectivity index (χ0) is 10.7. The van der Waals surface area contributed by atoms with Crippen molar-refractivity contribution in [2.45, 2.75) is 26.2 Å². The molecule has 3 nitrogen and oxygen atoms in total. The van der Waals surface area contributed by atoms with Crippen LogP contribution in [0.25, 0.3) is 0 Å². The fraction of sp³-hybridized carbons (Fsp3) is 0.500. The molecule has 0 fully saturated rings. The van der Waals surface area contributed by atoms with E-state index in [0.717, 1.165) is 37.3 Å². The van der Waals surface area contributed by atoms with Crippen molar-refractivity contribution < 1.29 is 9.47 Å². The van der Waals surface area contributed by atoms with E-state index in [1.165, 1.54) is 11.1 Å². The molecule has 2 N–H and O–H groups in total. The zero-order valence-electron chi connectivity index (χ0n) is 9.08. The molecule has 1 heterocycles. The molecule has 1 aliphatic heterocycles. The van der Waals surface area contributed by atoms with Gasteiger partial charge in [0.05, 0.1) is 0 Å². The maximum Gasteiger partial charge on any atom is 0.231 e. The number of hydrogen-bond donors (Lipinski definition) is 1. The minimum atomic E-state index is 0.350. The van der Waals surface area contributed by atoms with Gasteiger partial charge in [0, 0.05) is 0 Å². The Morgan fingerprint density at radius 3 is 2.93 bits per heavy atom. The molecule has 0 atom stereocenters. The summed E-state index contributed by atoms with van der Waals surface area (Å²) in [6.45, 7) is 3.18. The Bertz CT molecular complexity index is 350. The van der Waals surface area contributed by atoms with Gasteiger partial charge in [-0.1, -0.05) is 6.07 Å². The molecule has 82 valence electrons. The van der Waals surface area contributed by atoms with E-state index in [1.54, 1.807) is 0 Å². The summed E-state index contributed by atoms with van der Waals surface area (Å²) in [5.74, 6) is 1.82. The first-order chi connectivity index (χ1) is 7.31. The lowest BCUT2D eigenvalue weighted by molar-refractivity contribution is 0.173. The van der Waals surface area contributed by atoms with E-state index in [9.17, 15) is 0 Å². The average Bonchev–Trinajstić information content (AvgIpc) is 2.65. The lowest BCUT2D eigenvalue weighted by Gasteiger charge is -2.06. The molecule has 0 radical (unpaired) electrons. The topological polar surface area (TPSA) is 44.5 Å². The third kappa shape index (κ3) is 2.23. The highest BCUT2D eigenvalue weighted by atomic mass is 16.7. The molecule has 0 unspecified atom stereocenters. The van der Waals surface area contributed by atoms with Gasteiger partial charge in [0.15, 0.2) is 11.5 Å². The van der Waals surface area contributed by atoms with E-state index in [0.29, 0.717) is 6.79 Å². The van der Waals surface area contributed by atoms with Crippen LogP contribution in [-0.4, -0.2) is 13.3 Å². The summed E-state index contributed by atoms with van der Waals surface area (Å²) in [7, 11) is 0. The van der Waals surface area contributed by atoms with Crippen molar-refractivity contribution in [1.82, 2.24) is 0 Å².